The van der Waals surface area contributed by atoms with Crippen molar-refractivity contribution in [2.24, 2.45) is 0 Å². The second-order valence-electron chi connectivity index (χ2n) is 3.08. The van der Waals surface area contributed by atoms with Crippen LogP contribution in [-0.2, 0) is 6.54 Å². The molecule has 0 spiro atoms. The lowest BCUT2D eigenvalue weighted by atomic mass is 10.2. The molecule has 0 radical (unpaired) electrons. The highest BCUT2D eigenvalue weighted by Gasteiger charge is 2.04. The van der Waals surface area contributed by atoms with Gasteiger partial charge in [0.05, 0.1) is 5.69 Å². The second kappa shape index (κ2) is 5.53. The van der Waals surface area contributed by atoms with E-state index in [-0.39, 0.29) is 12.4 Å². The van der Waals surface area contributed by atoms with Crippen LogP contribution in [0.4, 0.5) is 0 Å². The highest BCUT2D eigenvalue weighted by molar-refractivity contribution is 5.85. The molecule has 3 nitrogen and oxygen atoms in total. The monoisotopic (exact) mass is 224 g/mol. The first-order valence-corrected chi connectivity index (χ1v) is 4.56. The van der Waals surface area contributed by atoms with E-state index in [0.717, 1.165) is 23.6 Å². The fourth-order valence-electron chi connectivity index (χ4n) is 1.31. The molecule has 0 bridgehead atoms. The Morgan fingerprint density at radius 2 is 2.00 bits per heavy atom. The molecule has 0 saturated carbocycles. The molecule has 0 saturated heterocycles. The third-order valence-electron chi connectivity index (χ3n) is 1.98. The number of halogens is 1. The summed E-state index contributed by atoms with van der Waals surface area (Å²) in [6, 6.07) is 11.9. The Bertz CT molecular complexity index is 400. The van der Waals surface area contributed by atoms with Crippen molar-refractivity contribution in [3.05, 3.63) is 42.1 Å². The van der Waals surface area contributed by atoms with E-state index in [4.69, 9.17) is 4.52 Å². The SMILES string of the molecule is CNCc1cc(-c2ccccc2)on1.Cl. The third-order valence-corrected chi connectivity index (χ3v) is 1.98. The van der Waals surface area contributed by atoms with Crippen LogP contribution in [0, 0.1) is 0 Å². The smallest absolute Gasteiger partial charge is 0.167 e. The number of rotatable bonds is 3. The van der Waals surface area contributed by atoms with Crippen LogP contribution in [-0.4, -0.2) is 12.2 Å². The number of nitrogens with zero attached hydrogens (tertiary/aromatic N) is 1. The van der Waals surface area contributed by atoms with E-state index < -0.39 is 0 Å². The molecule has 0 fully saturated rings. The van der Waals surface area contributed by atoms with E-state index in [1.807, 2.05) is 43.4 Å². The zero-order chi connectivity index (χ0) is 9.80. The predicted octanol–water partition coefficient (Wildman–Crippen LogP) is 2.48. The molecule has 80 valence electrons. The largest absolute Gasteiger partial charge is 0.356 e. The quantitative estimate of drug-likeness (QED) is 0.871. The minimum Gasteiger partial charge on any atom is -0.356 e. The summed E-state index contributed by atoms with van der Waals surface area (Å²) in [5, 5.41) is 6.97. The van der Waals surface area contributed by atoms with Crippen LogP contribution in [0.1, 0.15) is 5.69 Å². The Labute approximate surface area is 94.9 Å². The van der Waals surface area contributed by atoms with Gasteiger partial charge in [0.1, 0.15) is 0 Å². The summed E-state index contributed by atoms with van der Waals surface area (Å²) < 4.78 is 5.21. The number of hydrogen-bond donors (Lipinski definition) is 1. The molecule has 15 heavy (non-hydrogen) atoms. The summed E-state index contributed by atoms with van der Waals surface area (Å²) in [5.41, 5.74) is 1.98. The van der Waals surface area contributed by atoms with Gasteiger partial charge in [-0.15, -0.1) is 12.4 Å². The fraction of sp³-hybridized carbons (Fsp3) is 0.182. The van der Waals surface area contributed by atoms with E-state index in [2.05, 4.69) is 10.5 Å². The first kappa shape index (κ1) is 11.8. The van der Waals surface area contributed by atoms with Gasteiger partial charge in [0.2, 0.25) is 0 Å². The predicted molar refractivity (Wildman–Crippen MR) is 62.0 cm³/mol. The van der Waals surface area contributed by atoms with Crippen molar-refractivity contribution in [1.82, 2.24) is 10.5 Å². The van der Waals surface area contributed by atoms with Gasteiger partial charge in [-0.1, -0.05) is 35.5 Å². The van der Waals surface area contributed by atoms with Crippen LogP contribution in [0.15, 0.2) is 40.9 Å². The fourth-order valence-corrected chi connectivity index (χ4v) is 1.31. The normalized spacial score (nSPS) is 9.67. The first-order valence-electron chi connectivity index (χ1n) is 4.56. The number of benzene rings is 1. The molecular weight excluding hydrogens is 212 g/mol. The number of aromatic nitrogens is 1. The van der Waals surface area contributed by atoms with Crippen LogP contribution >= 0.6 is 12.4 Å². The maximum Gasteiger partial charge on any atom is 0.167 e. The maximum atomic E-state index is 5.21. The minimum atomic E-state index is 0. The van der Waals surface area contributed by atoms with Crippen molar-refractivity contribution < 1.29 is 4.52 Å². The summed E-state index contributed by atoms with van der Waals surface area (Å²) in [6.45, 7) is 0.732. The van der Waals surface area contributed by atoms with Gasteiger partial charge in [0.25, 0.3) is 0 Å². The summed E-state index contributed by atoms with van der Waals surface area (Å²) in [4.78, 5) is 0. The lowest BCUT2D eigenvalue weighted by Gasteiger charge is -1.91. The van der Waals surface area contributed by atoms with Gasteiger partial charge in [-0.3, -0.25) is 0 Å². The molecule has 1 N–H and O–H groups in total. The van der Waals surface area contributed by atoms with Crippen LogP contribution in [0.25, 0.3) is 11.3 Å². The Balaban J connectivity index is 0.00000112. The van der Waals surface area contributed by atoms with Crippen molar-refractivity contribution in [2.75, 3.05) is 7.05 Å². The van der Waals surface area contributed by atoms with E-state index in [0.29, 0.717) is 0 Å². The van der Waals surface area contributed by atoms with E-state index in [1.54, 1.807) is 0 Å². The van der Waals surface area contributed by atoms with E-state index >= 15 is 0 Å². The lowest BCUT2D eigenvalue weighted by Crippen LogP contribution is -2.04. The highest BCUT2D eigenvalue weighted by atomic mass is 35.5. The van der Waals surface area contributed by atoms with Gasteiger partial charge in [-0.05, 0) is 7.05 Å². The van der Waals surface area contributed by atoms with E-state index in [1.165, 1.54) is 0 Å². The second-order valence-corrected chi connectivity index (χ2v) is 3.08. The van der Waals surface area contributed by atoms with Crippen LogP contribution in [0.5, 0.6) is 0 Å². The average molecular weight is 225 g/mol. The Morgan fingerprint density at radius 3 is 2.67 bits per heavy atom. The van der Waals surface area contributed by atoms with Crippen molar-refractivity contribution >= 4 is 12.4 Å². The molecule has 0 atom stereocenters. The number of nitrogens with one attached hydrogen (secondary N) is 1. The summed E-state index contributed by atoms with van der Waals surface area (Å²) in [5.74, 6) is 0.816. The van der Waals surface area contributed by atoms with Crippen LogP contribution < -0.4 is 5.32 Å². The summed E-state index contributed by atoms with van der Waals surface area (Å²) in [6.07, 6.45) is 0. The van der Waals surface area contributed by atoms with Gasteiger partial charge in [0, 0.05) is 18.2 Å². The summed E-state index contributed by atoms with van der Waals surface area (Å²) >= 11 is 0. The Kier molecular flexibility index (Phi) is 4.34. The molecular formula is C11H13ClN2O. The topological polar surface area (TPSA) is 38.1 Å². The van der Waals surface area contributed by atoms with Gasteiger partial charge in [0.15, 0.2) is 5.76 Å². The Hall–Kier alpha value is -1.32. The van der Waals surface area contributed by atoms with Crippen LogP contribution in [0.3, 0.4) is 0 Å². The molecule has 0 unspecified atom stereocenters. The Morgan fingerprint density at radius 1 is 1.27 bits per heavy atom. The molecule has 0 amide bonds. The molecule has 0 aliphatic heterocycles. The minimum absolute atomic E-state index is 0. The number of hydrogen-bond acceptors (Lipinski definition) is 3. The van der Waals surface area contributed by atoms with Gasteiger partial charge in [-0.25, -0.2) is 0 Å². The summed E-state index contributed by atoms with van der Waals surface area (Å²) in [7, 11) is 1.89. The standard InChI is InChI=1S/C11H12N2O.ClH/c1-12-8-10-7-11(14-13-10)9-5-3-2-4-6-9;/h2-7,12H,8H2,1H3;1H. The molecule has 4 heteroatoms. The van der Waals surface area contributed by atoms with Gasteiger partial charge >= 0.3 is 0 Å². The average Bonchev–Trinajstić information content (AvgIpc) is 2.68. The van der Waals surface area contributed by atoms with Crippen molar-refractivity contribution in [1.29, 1.82) is 0 Å². The maximum absolute atomic E-state index is 5.21. The molecule has 1 aromatic carbocycles. The van der Waals surface area contributed by atoms with Crippen molar-refractivity contribution in [2.45, 2.75) is 6.54 Å². The zero-order valence-electron chi connectivity index (χ0n) is 8.43. The third kappa shape index (κ3) is 2.81. The lowest BCUT2D eigenvalue weighted by molar-refractivity contribution is 0.421. The first-order chi connectivity index (χ1) is 6.90. The van der Waals surface area contributed by atoms with Crippen LogP contribution in [0.2, 0.25) is 0 Å². The molecule has 1 aromatic heterocycles. The molecule has 0 aliphatic carbocycles. The van der Waals surface area contributed by atoms with Gasteiger partial charge < -0.3 is 9.84 Å². The van der Waals surface area contributed by atoms with E-state index in [9.17, 15) is 0 Å². The molecule has 2 rings (SSSR count). The van der Waals surface area contributed by atoms with Gasteiger partial charge in [-0.2, -0.15) is 0 Å². The van der Waals surface area contributed by atoms with Crippen molar-refractivity contribution in [3.63, 3.8) is 0 Å². The molecule has 2 aromatic rings. The zero-order valence-corrected chi connectivity index (χ0v) is 9.25. The highest BCUT2D eigenvalue weighted by Crippen LogP contribution is 2.19. The van der Waals surface area contributed by atoms with Crippen molar-refractivity contribution in [3.8, 4) is 11.3 Å². The molecule has 0 aliphatic rings. The molecule has 1 heterocycles.